The summed E-state index contributed by atoms with van der Waals surface area (Å²) >= 11 is 3.46. The maximum absolute atomic E-state index is 9.27. The Morgan fingerprint density at radius 2 is 2.31 bits per heavy atom. The normalized spacial score (nSPS) is 12.0. The SMILES string of the molecule is CC(C)(CO)Nc1c(Br)cnc2[nH]ccc12. The van der Waals surface area contributed by atoms with E-state index < -0.39 is 0 Å². The smallest absolute Gasteiger partial charge is 0.139 e. The summed E-state index contributed by atoms with van der Waals surface area (Å²) in [5.41, 5.74) is 1.42. The molecule has 5 heteroatoms. The Bertz CT molecular complexity index is 507. The summed E-state index contributed by atoms with van der Waals surface area (Å²) in [4.78, 5) is 7.31. The first-order valence-electron chi connectivity index (χ1n) is 5.04. The molecule has 0 aromatic carbocycles. The van der Waals surface area contributed by atoms with E-state index in [1.807, 2.05) is 26.1 Å². The van der Waals surface area contributed by atoms with Gasteiger partial charge >= 0.3 is 0 Å². The maximum atomic E-state index is 9.27. The average Bonchev–Trinajstić information content (AvgIpc) is 2.70. The van der Waals surface area contributed by atoms with Crippen molar-refractivity contribution in [2.45, 2.75) is 19.4 Å². The Labute approximate surface area is 102 Å². The van der Waals surface area contributed by atoms with Crippen molar-refractivity contribution in [2.75, 3.05) is 11.9 Å². The fourth-order valence-corrected chi connectivity index (χ4v) is 1.90. The molecule has 0 aliphatic heterocycles. The fourth-order valence-electron chi connectivity index (χ4n) is 1.49. The van der Waals surface area contributed by atoms with Crippen LogP contribution in [0.4, 0.5) is 5.69 Å². The van der Waals surface area contributed by atoms with Crippen LogP contribution < -0.4 is 5.32 Å². The van der Waals surface area contributed by atoms with Gasteiger partial charge in [0.1, 0.15) is 5.65 Å². The number of H-pyrrole nitrogens is 1. The lowest BCUT2D eigenvalue weighted by molar-refractivity contribution is 0.234. The molecule has 0 fully saturated rings. The van der Waals surface area contributed by atoms with Gasteiger partial charge in [0, 0.05) is 17.8 Å². The number of aromatic amines is 1. The first kappa shape index (κ1) is 11.4. The van der Waals surface area contributed by atoms with E-state index in [2.05, 4.69) is 31.2 Å². The van der Waals surface area contributed by atoms with Gasteiger partial charge in [-0.15, -0.1) is 0 Å². The summed E-state index contributed by atoms with van der Waals surface area (Å²) in [7, 11) is 0. The number of nitrogens with one attached hydrogen (secondary N) is 2. The minimum atomic E-state index is -0.367. The van der Waals surface area contributed by atoms with E-state index in [1.165, 1.54) is 0 Å². The topological polar surface area (TPSA) is 60.9 Å². The highest BCUT2D eigenvalue weighted by Gasteiger charge is 2.19. The molecule has 16 heavy (non-hydrogen) atoms. The Hall–Kier alpha value is -1.07. The highest BCUT2D eigenvalue weighted by Crippen LogP contribution is 2.31. The molecule has 0 bridgehead atoms. The maximum Gasteiger partial charge on any atom is 0.139 e. The predicted octanol–water partition coefficient (Wildman–Crippen LogP) is 2.51. The molecule has 0 radical (unpaired) electrons. The lowest BCUT2D eigenvalue weighted by Crippen LogP contribution is -2.35. The number of pyridine rings is 1. The van der Waals surface area contributed by atoms with Gasteiger partial charge in [0.05, 0.1) is 22.3 Å². The van der Waals surface area contributed by atoms with E-state index in [-0.39, 0.29) is 12.1 Å². The molecule has 2 rings (SSSR count). The van der Waals surface area contributed by atoms with Crippen LogP contribution in [-0.4, -0.2) is 27.2 Å². The van der Waals surface area contributed by atoms with Crippen LogP contribution in [0, 0.1) is 0 Å². The van der Waals surface area contributed by atoms with Crippen LogP contribution >= 0.6 is 15.9 Å². The third kappa shape index (κ3) is 2.05. The summed E-state index contributed by atoms with van der Waals surface area (Å²) in [5.74, 6) is 0. The van der Waals surface area contributed by atoms with Gasteiger partial charge in [-0.05, 0) is 35.8 Å². The van der Waals surface area contributed by atoms with Crippen LogP contribution in [0.25, 0.3) is 11.0 Å². The van der Waals surface area contributed by atoms with Crippen molar-refractivity contribution in [3.05, 3.63) is 22.9 Å². The van der Waals surface area contributed by atoms with Gasteiger partial charge in [0.25, 0.3) is 0 Å². The number of aliphatic hydroxyl groups is 1. The Morgan fingerprint density at radius 1 is 1.56 bits per heavy atom. The van der Waals surface area contributed by atoms with Crippen molar-refractivity contribution >= 4 is 32.7 Å². The molecule has 0 saturated heterocycles. The quantitative estimate of drug-likeness (QED) is 0.811. The Kier molecular flexibility index (Phi) is 2.90. The predicted molar refractivity (Wildman–Crippen MR) is 68.6 cm³/mol. The van der Waals surface area contributed by atoms with E-state index in [0.29, 0.717) is 0 Å². The third-order valence-electron chi connectivity index (χ3n) is 2.40. The molecule has 0 unspecified atom stereocenters. The van der Waals surface area contributed by atoms with Gasteiger partial charge in [-0.1, -0.05) is 0 Å². The van der Waals surface area contributed by atoms with Crippen molar-refractivity contribution in [1.29, 1.82) is 0 Å². The summed E-state index contributed by atoms with van der Waals surface area (Å²) in [5, 5.41) is 13.6. The Balaban J connectivity index is 2.50. The van der Waals surface area contributed by atoms with Gasteiger partial charge < -0.3 is 15.4 Å². The Morgan fingerprint density at radius 3 is 3.00 bits per heavy atom. The second kappa shape index (κ2) is 4.07. The molecule has 0 amide bonds. The molecular formula is C11H14BrN3O. The highest BCUT2D eigenvalue weighted by atomic mass is 79.9. The van der Waals surface area contributed by atoms with Crippen molar-refractivity contribution < 1.29 is 5.11 Å². The molecule has 2 heterocycles. The van der Waals surface area contributed by atoms with E-state index in [1.54, 1.807) is 6.20 Å². The number of halogens is 1. The molecule has 0 spiro atoms. The molecule has 4 nitrogen and oxygen atoms in total. The monoisotopic (exact) mass is 283 g/mol. The molecule has 3 N–H and O–H groups in total. The van der Waals surface area contributed by atoms with Gasteiger partial charge in [-0.2, -0.15) is 0 Å². The standard InChI is InChI=1S/C11H14BrN3O/c1-11(2,6-16)15-9-7-3-4-13-10(7)14-5-8(9)12/h3-5,16H,6H2,1-2H3,(H2,13,14,15). The number of aromatic nitrogens is 2. The minimum absolute atomic E-state index is 0.0632. The second-order valence-electron chi connectivity index (χ2n) is 4.39. The van der Waals surface area contributed by atoms with Crippen molar-refractivity contribution in [3.63, 3.8) is 0 Å². The van der Waals surface area contributed by atoms with E-state index >= 15 is 0 Å². The number of fused-ring (bicyclic) bond motifs is 1. The molecule has 86 valence electrons. The lowest BCUT2D eigenvalue weighted by Gasteiger charge is -2.26. The van der Waals surface area contributed by atoms with Gasteiger partial charge in [-0.3, -0.25) is 0 Å². The van der Waals surface area contributed by atoms with Crippen LogP contribution in [0.5, 0.6) is 0 Å². The minimum Gasteiger partial charge on any atom is -0.394 e. The molecule has 0 aliphatic rings. The lowest BCUT2D eigenvalue weighted by atomic mass is 10.1. The average molecular weight is 284 g/mol. The zero-order chi connectivity index (χ0) is 11.8. The van der Waals surface area contributed by atoms with Crippen molar-refractivity contribution in [2.24, 2.45) is 0 Å². The summed E-state index contributed by atoms with van der Waals surface area (Å²) in [6.45, 7) is 3.95. The number of anilines is 1. The summed E-state index contributed by atoms with van der Waals surface area (Å²) in [6.07, 6.45) is 3.59. The fraction of sp³-hybridized carbons (Fsp3) is 0.364. The van der Waals surface area contributed by atoms with E-state index in [9.17, 15) is 5.11 Å². The molecule has 0 atom stereocenters. The third-order valence-corrected chi connectivity index (χ3v) is 3.00. The number of hydrogen-bond acceptors (Lipinski definition) is 3. The summed E-state index contributed by atoms with van der Waals surface area (Å²) < 4.78 is 0.890. The highest BCUT2D eigenvalue weighted by molar-refractivity contribution is 9.10. The second-order valence-corrected chi connectivity index (χ2v) is 5.24. The number of hydrogen-bond donors (Lipinski definition) is 3. The number of aliphatic hydroxyl groups excluding tert-OH is 1. The largest absolute Gasteiger partial charge is 0.394 e. The van der Waals surface area contributed by atoms with Crippen LogP contribution in [-0.2, 0) is 0 Å². The van der Waals surface area contributed by atoms with Crippen molar-refractivity contribution in [3.8, 4) is 0 Å². The molecule has 2 aromatic heterocycles. The van der Waals surface area contributed by atoms with Crippen LogP contribution in [0.1, 0.15) is 13.8 Å². The first-order valence-corrected chi connectivity index (χ1v) is 5.83. The van der Waals surface area contributed by atoms with Crippen LogP contribution in [0.15, 0.2) is 22.9 Å². The van der Waals surface area contributed by atoms with Crippen molar-refractivity contribution in [1.82, 2.24) is 9.97 Å². The summed E-state index contributed by atoms with van der Waals surface area (Å²) in [6, 6.07) is 1.96. The van der Waals surface area contributed by atoms with E-state index in [0.717, 1.165) is 21.2 Å². The van der Waals surface area contributed by atoms with E-state index in [4.69, 9.17) is 0 Å². The zero-order valence-corrected chi connectivity index (χ0v) is 10.8. The molecular weight excluding hydrogens is 270 g/mol. The van der Waals surface area contributed by atoms with Crippen LogP contribution in [0.2, 0.25) is 0 Å². The molecule has 2 aromatic rings. The van der Waals surface area contributed by atoms with Gasteiger partial charge in [0.15, 0.2) is 0 Å². The first-order chi connectivity index (χ1) is 7.53. The van der Waals surface area contributed by atoms with Crippen LogP contribution in [0.3, 0.4) is 0 Å². The van der Waals surface area contributed by atoms with Gasteiger partial charge in [-0.25, -0.2) is 4.98 Å². The van der Waals surface area contributed by atoms with Gasteiger partial charge in [0.2, 0.25) is 0 Å². The molecule has 0 aliphatic carbocycles. The zero-order valence-electron chi connectivity index (χ0n) is 9.21. The molecule has 0 saturated carbocycles. The number of rotatable bonds is 3. The number of nitrogens with zero attached hydrogens (tertiary/aromatic N) is 1.